The molecule has 2 aromatic carbocycles. The second-order valence-corrected chi connectivity index (χ2v) is 8.04. The molecule has 3 heterocycles. The molecular formula is C23H26FNO2. The lowest BCUT2D eigenvalue weighted by Crippen LogP contribution is -2.54. The summed E-state index contributed by atoms with van der Waals surface area (Å²) in [5.74, 6) is -0.113. The summed E-state index contributed by atoms with van der Waals surface area (Å²) in [6, 6.07) is 12.7. The summed E-state index contributed by atoms with van der Waals surface area (Å²) >= 11 is 0. The van der Waals surface area contributed by atoms with Gasteiger partial charge in [0.15, 0.2) is 0 Å². The molecule has 0 aromatic heterocycles. The molecule has 2 aromatic rings. The van der Waals surface area contributed by atoms with Crippen LogP contribution in [0.3, 0.4) is 0 Å². The zero-order valence-corrected chi connectivity index (χ0v) is 15.8. The lowest BCUT2D eigenvalue weighted by molar-refractivity contribution is -0.119. The first-order valence-electron chi connectivity index (χ1n) is 10.1. The maximum Gasteiger partial charge on any atom is 0.127 e. The molecule has 3 aliphatic rings. The van der Waals surface area contributed by atoms with Gasteiger partial charge in [-0.25, -0.2) is 4.39 Å². The van der Waals surface area contributed by atoms with E-state index in [2.05, 4.69) is 23.1 Å². The van der Waals surface area contributed by atoms with Crippen molar-refractivity contribution in [1.82, 2.24) is 4.90 Å². The van der Waals surface area contributed by atoms with Gasteiger partial charge in [0, 0.05) is 13.1 Å². The van der Waals surface area contributed by atoms with Crippen molar-refractivity contribution >= 4 is 0 Å². The Morgan fingerprint density at radius 1 is 1.07 bits per heavy atom. The smallest absolute Gasteiger partial charge is 0.127 e. The number of benzene rings is 2. The molecule has 0 aliphatic carbocycles. The van der Waals surface area contributed by atoms with E-state index in [1.165, 1.54) is 11.1 Å². The lowest BCUT2D eigenvalue weighted by Gasteiger charge is -2.45. The van der Waals surface area contributed by atoms with Crippen molar-refractivity contribution in [3.63, 3.8) is 0 Å². The molecule has 2 fully saturated rings. The minimum atomic E-state index is -0.172. The Kier molecular flexibility index (Phi) is 4.30. The topological polar surface area (TPSA) is 21.7 Å². The van der Waals surface area contributed by atoms with Gasteiger partial charge in [0.2, 0.25) is 0 Å². The number of ether oxygens (including phenoxy) is 2. The number of fused-ring (bicyclic) bond motifs is 2. The van der Waals surface area contributed by atoms with Gasteiger partial charge in [-0.1, -0.05) is 31.2 Å². The number of aryl methyl sites for hydroxylation is 1. The van der Waals surface area contributed by atoms with Gasteiger partial charge in [-0.05, 0) is 59.2 Å². The van der Waals surface area contributed by atoms with Gasteiger partial charge in [0.25, 0.3) is 0 Å². The number of rotatable bonds is 3. The predicted octanol–water partition coefficient (Wildman–Crippen LogP) is 4.28. The van der Waals surface area contributed by atoms with Gasteiger partial charge in [0.05, 0.1) is 31.5 Å². The third-order valence-electron chi connectivity index (χ3n) is 6.61. The molecule has 5 rings (SSSR count). The zero-order valence-electron chi connectivity index (χ0n) is 15.8. The highest BCUT2D eigenvalue weighted by atomic mass is 19.1. The molecule has 0 saturated carbocycles. The Morgan fingerprint density at radius 3 is 2.48 bits per heavy atom. The molecule has 27 heavy (non-hydrogen) atoms. The van der Waals surface area contributed by atoms with Crippen LogP contribution in [-0.4, -0.2) is 37.2 Å². The van der Waals surface area contributed by atoms with E-state index in [4.69, 9.17) is 9.47 Å². The fourth-order valence-electron chi connectivity index (χ4n) is 4.71. The van der Waals surface area contributed by atoms with Crippen LogP contribution in [0.5, 0.6) is 0 Å². The van der Waals surface area contributed by atoms with E-state index in [9.17, 15) is 4.39 Å². The second-order valence-electron chi connectivity index (χ2n) is 8.04. The lowest BCUT2D eigenvalue weighted by atomic mass is 9.82. The van der Waals surface area contributed by atoms with E-state index in [1.807, 2.05) is 19.1 Å². The van der Waals surface area contributed by atoms with Gasteiger partial charge < -0.3 is 9.47 Å². The minimum absolute atomic E-state index is 0.113. The van der Waals surface area contributed by atoms with E-state index in [1.54, 1.807) is 6.07 Å². The monoisotopic (exact) mass is 367 g/mol. The predicted molar refractivity (Wildman–Crippen MR) is 103 cm³/mol. The molecule has 3 aliphatic heterocycles. The molecule has 0 amide bonds. The molecule has 2 saturated heterocycles. The highest BCUT2D eigenvalue weighted by Crippen LogP contribution is 2.46. The molecule has 0 bridgehead atoms. The molecular weight excluding hydrogens is 341 g/mol. The second kappa shape index (κ2) is 6.69. The summed E-state index contributed by atoms with van der Waals surface area (Å²) in [6.45, 7) is 6.51. The van der Waals surface area contributed by atoms with Crippen LogP contribution in [0, 0.1) is 5.82 Å². The van der Waals surface area contributed by atoms with Crippen LogP contribution in [-0.2, 0) is 28.1 Å². The highest BCUT2D eigenvalue weighted by Gasteiger charge is 2.44. The van der Waals surface area contributed by atoms with Crippen molar-refractivity contribution in [2.75, 3.05) is 26.3 Å². The molecule has 142 valence electrons. The van der Waals surface area contributed by atoms with Crippen LogP contribution < -0.4 is 0 Å². The molecule has 3 nitrogen and oxygen atoms in total. The third kappa shape index (κ3) is 2.91. The number of piperidine rings is 1. The summed E-state index contributed by atoms with van der Waals surface area (Å²) in [5, 5.41) is 0. The molecule has 0 unspecified atom stereocenters. The van der Waals surface area contributed by atoms with Crippen LogP contribution >= 0.6 is 0 Å². The molecule has 0 radical (unpaired) electrons. The highest BCUT2D eigenvalue weighted by molar-refractivity contribution is 5.66. The Hall–Kier alpha value is -1.75. The number of hydrogen-bond donors (Lipinski definition) is 0. The van der Waals surface area contributed by atoms with Crippen LogP contribution in [0.1, 0.15) is 36.5 Å². The van der Waals surface area contributed by atoms with Crippen molar-refractivity contribution in [2.45, 2.75) is 44.4 Å². The van der Waals surface area contributed by atoms with Crippen LogP contribution in [0.15, 0.2) is 36.4 Å². The fourth-order valence-corrected chi connectivity index (χ4v) is 4.71. The van der Waals surface area contributed by atoms with Crippen molar-refractivity contribution in [2.24, 2.45) is 0 Å². The summed E-state index contributed by atoms with van der Waals surface area (Å²) in [6.07, 6.45) is 2.75. The van der Waals surface area contributed by atoms with E-state index in [0.29, 0.717) is 12.6 Å². The number of nitrogens with zero attached hydrogens (tertiary/aromatic N) is 1. The van der Waals surface area contributed by atoms with Crippen molar-refractivity contribution < 1.29 is 13.9 Å². The number of likely N-dealkylation sites (tertiary alicyclic amines) is 1. The van der Waals surface area contributed by atoms with Gasteiger partial charge in [-0.2, -0.15) is 0 Å². The molecule has 0 atom stereocenters. The van der Waals surface area contributed by atoms with E-state index in [-0.39, 0.29) is 11.4 Å². The SMILES string of the molecule is CCc1ccc(-c2ccc3c(c2)C2(CCN(C4COC4)CC2)OC3)cc1F. The van der Waals surface area contributed by atoms with E-state index >= 15 is 0 Å². The molecule has 4 heteroatoms. The first-order valence-corrected chi connectivity index (χ1v) is 10.1. The normalized spacial score (nSPS) is 22.0. The average molecular weight is 367 g/mol. The maximum atomic E-state index is 14.3. The van der Waals surface area contributed by atoms with Gasteiger partial charge in [-0.15, -0.1) is 0 Å². The van der Waals surface area contributed by atoms with Crippen LogP contribution in [0.4, 0.5) is 4.39 Å². The molecule has 0 N–H and O–H groups in total. The largest absolute Gasteiger partial charge is 0.378 e. The van der Waals surface area contributed by atoms with E-state index in [0.717, 1.165) is 62.3 Å². The standard InChI is InChI=1S/C23H26FNO2/c1-2-16-3-4-18(12-22(16)24)17-5-6-19-13-27-23(21(19)11-17)7-9-25(10-8-23)20-14-26-15-20/h3-6,11-12,20H,2,7-10,13-15H2,1H3. The van der Waals surface area contributed by atoms with Gasteiger partial charge in [-0.3, -0.25) is 4.90 Å². The van der Waals surface area contributed by atoms with Crippen molar-refractivity contribution in [1.29, 1.82) is 0 Å². The Bertz CT molecular complexity index is 853. The minimum Gasteiger partial charge on any atom is -0.378 e. The van der Waals surface area contributed by atoms with Crippen molar-refractivity contribution in [3.05, 3.63) is 58.9 Å². The number of hydrogen-bond acceptors (Lipinski definition) is 3. The summed E-state index contributed by atoms with van der Waals surface area (Å²) < 4.78 is 26.0. The summed E-state index contributed by atoms with van der Waals surface area (Å²) in [5.41, 5.74) is 5.21. The Labute approximate surface area is 160 Å². The Morgan fingerprint density at radius 2 is 1.81 bits per heavy atom. The zero-order chi connectivity index (χ0) is 18.4. The van der Waals surface area contributed by atoms with E-state index < -0.39 is 0 Å². The summed E-state index contributed by atoms with van der Waals surface area (Å²) in [4.78, 5) is 2.54. The van der Waals surface area contributed by atoms with Crippen LogP contribution in [0.2, 0.25) is 0 Å². The average Bonchev–Trinajstić information content (AvgIpc) is 3.00. The first kappa shape index (κ1) is 17.4. The first-order chi connectivity index (χ1) is 13.2. The third-order valence-corrected chi connectivity index (χ3v) is 6.61. The number of halogens is 1. The summed E-state index contributed by atoms with van der Waals surface area (Å²) in [7, 11) is 0. The Balaban J connectivity index is 1.43. The fraction of sp³-hybridized carbons (Fsp3) is 0.478. The van der Waals surface area contributed by atoms with Gasteiger partial charge >= 0.3 is 0 Å². The maximum absolute atomic E-state index is 14.3. The quantitative estimate of drug-likeness (QED) is 0.808. The molecule has 1 spiro atoms. The van der Waals surface area contributed by atoms with Crippen molar-refractivity contribution in [3.8, 4) is 11.1 Å². The van der Waals surface area contributed by atoms with Gasteiger partial charge in [0.1, 0.15) is 5.82 Å². The van der Waals surface area contributed by atoms with Crippen LogP contribution in [0.25, 0.3) is 11.1 Å².